The van der Waals surface area contributed by atoms with Crippen molar-refractivity contribution in [2.75, 3.05) is 20.3 Å². The second-order valence-electron chi connectivity index (χ2n) is 17.0. The van der Waals surface area contributed by atoms with Gasteiger partial charge < -0.3 is 52.1 Å². The lowest BCUT2D eigenvalue weighted by Crippen LogP contribution is -2.64. The van der Waals surface area contributed by atoms with E-state index in [4.69, 9.17) is 52.1 Å². The van der Waals surface area contributed by atoms with Gasteiger partial charge in [-0.3, -0.25) is 4.79 Å². The maximum absolute atomic E-state index is 12.4. The number of carbonyl (C=O) groups excluding carboxylic acids is 1. The number of hydrogen-bond donors (Lipinski definition) is 0. The van der Waals surface area contributed by atoms with E-state index in [-0.39, 0.29) is 52.9 Å². The second kappa shape index (κ2) is 26.4. The summed E-state index contributed by atoms with van der Waals surface area (Å²) in [6.07, 6.45) is -8.13. The molecule has 6 unspecified atom stereocenters. The smallest absolute Gasteiger partial charge is 0.302 e. The van der Waals surface area contributed by atoms with Crippen molar-refractivity contribution in [2.45, 2.75) is 108 Å². The zero-order chi connectivity index (χ0) is 47.5. The molecule has 0 amide bonds. The largest absolute Gasteiger partial charge is 0.463 e. The SMILES string of the molecule is CO[C@H]1OC(CO[C@H]2OC(COC(C)=O)[C@H](OCc3ccccc3)C(OCc3ccccc3)C2OCc2ccccc2)[C@@H](OCc2ccccc2)C(OCc2ccccc2)C1OCc1ccccc1. The number of ether oxygens (including phenoxy) is 11. The quantitative estimate of drug-likeness (QED) is 0.0539. The van der Waals surface area contributed by atoms with Crippen LogP contribution in [0.2, 0.25) is 0 Å². The Morgan fingerprint density at radius 2 is 0.638 bits per heavy atom. The summed E-state index contributed by atoms with van der Waals surface area (Å²) in [6, 6.07) is 59.4. The third kappa shape index (κ3) is 14.7. The van der Waals surface area contributed by atoms with E-state index in [0.717, 1.165) is 33.4 Å². The molecule has 2 fully saturated rings. The zero-order valence-corrected chi connectivity index (χ0v) is 39.1. The van der Waals surface area contributed by atoms with Crippen molar-refractivity contribution in [3.63, 3.8) is 0 Å². The highest BCUT2D eigenvalue weighted by Gasteiger charge is 2.52. The molecule has 2 aliphatic rings. The van der Waals surface area contributed by atoms with Crippen molar-refractivity contribution in [3.05, 3.63) is 215 Å². The van der Waals surface area contributed by atoms with Crippen molar-refractivity contribution < 1.29 is 56.9 Å². The maximum Gasteiger partial charge on any atom is 0.302 e. The summed E-state index contributed by atoms with van der Waals surface area (Å²) in [7, 11) is 1.59. The molecule has 8 rings (SSSR count). The first-order valence-electron chi connectivity index (χ1n) is 23.5. The van der Waals surface area contributed by atoms with Gasteiger partial charge in [0, 0.05) is 14.0 Å². The molecule has 6 aromatic rings. The second-order valence-corrected chi connectivity index (χ2v) is 17.0. The molecule has 2 aliphatic heterocycles. The van der Waals surface area contributed by atoms with E-state index in [2.05, 4.69) is 0 Å². The zero-order valence-electron chi connectivity index (χ0n) is 39.1. The number of benzene rings is 6. The number of carbonyl (C=O) groups is 1. The average Bonchev–Trinajstić information content (AvgIpc) is 3.40. The van der Waals surface area contributed by atoms with E-state index in [1.165, 1.54) is 6.92 Å². The van der Waals surface area contributed by atoms with E-state index in [0.29, 0.717) is 0 Å². The Labute approximate surface area is 405 Å². The summed E-state index contributed by atoms with van der Waals surface area (Å²) in [5.74, 6) is -0.465. The normalized spacial score (nSPS) is 24.7. The minimum atomic E-state index is -1.08. The van der Waals surface area contributed by atoms with Gasteiger partial charge in [-0.25, -0.2) is 0 Å². The van der Waals surface area contributed by atoms with Crippen molar-refractivity contribution in [2.24, 2.45) is 0 Å². The molecule has 362 valence electrons. The van der Waals surface area contributed by atoms with Gasteiger partial charge in [-0.15, -0.1) is 0 Å². The van der Waals surface area contributed by atoms with E-state index < -0.39 is 67.4 Å². The molecule has 0 bridgehead atoms. The maximum atomic E-state index is 12.4. The molecule has 0 aromatic heterocycles. The molecule has 0 saturated carbocycles. The van der Waals surface area contributed by atoms with Crippen LogP contribution in [0, 0.1) is 0 Å². The lowest BCUT2D eigenvalue weighted by Gasteiger charge is -2.47. The van der Waals surface area contributed by atoms with Gasteiger partial charge in [0.2, 0.25) is 0 Å². The summed E-state index contributed by atoms with van der Waals surface area (Å²) in [5, 5.41) is 0. The monoisotopic (exact) mass is 938 g/mol. The standard InChI is InChI=1S/C57H62O12/c1-41(58)60-39-48-50(61-33-42-21-9-3-10-22-42)53(64-36-45-27-15-6-16-28-45)55(66-38-47-31-19-8-20-32-47)57(69-48)67-40-49-51(62-34-43-23-11-4-12-24-43)52(63-35-44-25-13-5-14-26-44)54(56(59-2)68-49)65-37-46-29-17-7-18-30-46/h3-32,48-57H,33-40H2,1-2H3/t48?,49?,50-,51+,52?,53?,54?,55?,56-,57-/m0/s1. The van der Waals surface area contributed by atoms with Gasteiger partial charge in [-0.2, -0.15) is 0 Å². The third-order valence-corrected chi connectivity index (χ3v) is 12.0. The summed E-state index contributed by atoms with van der Waals surface area (Å²) >= 11 is 0. The Morgan fingerprint density at radius 1 is 0.362 bits per heavy atom. The molecule has 12 nitrogen and oxygen atoms in total. The molecular formula is C57H62O12. The number of hydrogen-bond acceptors (Lipinski definition) is 12. The highest BCUT2D eigenvalue weighted by atomic mass is 16.8. The van der Waals surface area contributed by atoms with Gasteiger partial charge in [-0.1, -0.05) is 182 Å². The Bertz CT molecular complexity index is 2350. The number of esters is 1. The summed E-state index contributed by atoms with van der Waals surface area (Å²) in [5.41, 5.74) is 5.77. The van der Waals surface area contributed by atoms with Crippen LogP contribution in [-0.4, -0.2) is 87.7 Å². The lowest BCUT2D eigenvalue weighted by molar-refractivity contribution is -0.350. The average molecular weight is 939 g/mol. The van der Waals surface area contributed by atoms with Crippen LogP contribution in [0.4, 0.5) is 0 Å². The van der Waals surface area contributed by atoms with Gasteiger partial charge in [-0.05, 0) is 33.4 Å². The van der Waals surface area contributed by atoms with Gasteiger partial charge in [0.15, 0.2) is 12.6 Å². The fraction of sp³-hybridized carbons (Fsp3) is 0.351. The van der Waals surface area contributed by atoms with Crippen molar-refractivity contribution in [3.8, 4) is 0 Å². The predicted molar refractivity (Wildman–Crippen MR) is 257 cm³/mol. The van der Waals surface area contributed by atoms with Gasteiger partial charge in [0.25, 0.3) is 0 Å². The Kier molecular flexibility index (Phi) is 19.0. The van der Waals surface area contributed by atoms with E-state index in [9.17, 15) is 4.79 Å². The first-order valence-corrected chi connectivity index (χ1v) is 23.5. The number of methoxy groups -OCH3 is 1. The fourth-order valence-corrected chi connectivity index (χ4v) is 8.47. The molecule has 0 radical (unpaired) electrons. The van der Waals surface area contributed by atoms with Gasteiger partial charge in [0.05, 0.1) is 46.2 Å². The molecule has 0 N–H and O–H groups in total. The van der Waals surface area contributed by atoms with Crippen LogP contribution in [-0.2, 0) is 96.5 Å². The Balaban J connectivity index is 1.13. The van der Waals surface area contributed by atoms with Crippen LogP contribution in [0.15, 0.2) is 182 Å². The van der Waals surface area contributed by atoms with Crippen LogP contribution in [0.3, 0.4) is 0 Å². The third-order valence-electron chi connectivity index (χ3n) is 12.0. The summed E-state index contributed by atoms with van der Waals surface area (Å²) < 4.78 is 73.2. The van der Waals surface area contributed by atoms with Crippen molar-refractivity contribution in [1.29, 1.82) is 0 Å². The fourth-order valence-electron chi connectivity index (χ4n) is 8.47. The van der Waals surface area contributed by atoms with Crippen molar-refractivity contribution in [1.82, 2.24) is 0 Å². The number of rotatable bonds is 24. The minimum Gasteiger partial charge on any atom is -0.463 e. The molecule has 0 aliphatic carbocycles. The van der Waals surface area contributed by atoms with E-state index in [1.54, 1.807) is 7.11 Å². The molecule has 0 spiro atoms. The molecule has 2 heterocycles. The lowest BCUT2D eigenvalue weighted by atomic mass is 9.97. The van der Waals surface area contributed by atoms with Gasteiger partial charge in [0.1, 0.15) is 55.4 Å². The highest BCUT2D eigenvalue weighted by molar-refractivity contribution is 5.65. The minimum absolute atomic E-state index is 0.0625. The first-order chi connectivity index (χ1) is 34.0. The molecule has 6 aromatic carbocycles. The molecular weight excluding hydrogens is 877 g/mol. The topological polar surface area (TPSA) is 119 Å². The van der Waals surface area contributed by atoms with Crippen LogP contribution in [0.5, 0.6) is 0 Å². The molecule has 10 atom stereocenters. The van der Waals surface area contributed by atoms with E-state index in [1.807, 2.05) is 182 Å². The molecule has 2 saturated heterocycles. The van der Waals surface area contributed by atoms with Crippen LogP contribution >= 0.6 is 0 Å². The van der Waals surface area contributed by atoms with Gasteiger partial charge >= 0.3 is 5.97 Å². The molecule has 69 heavy (non-hydrogen) atoms. The van der Waals surface area contributed by atoms with Crippen LogP contribution in [0.1, 0.15) is 40.3 Å². The highest BCUT2D eigenvalue weighted by Crippen LogP contribution is 2.35. The predicted octanol–water partition coefficient (Wildman–Crippen LogP) is 9.17. The van der Waals surface area contributed by atoms with Crippen molar-refractivity contribution >= 4 is 5.97 Å². The summed E-state index contributed by atoms with van der Waals surface area (Å²) in [6.45, 7) is 2.66. The molecule has 12 heteroatoms. The van der Waals surface area contributed by atoms with Crippen LogP contribution < -0.4 is 0 Å². The Hall–Kier alpha value is -5.61. The Morgan fingerprint density at radius 3 is 0.957 bits per heavy atom. The van der Waals surface area contributed by atoms with Crippen LogP contribution in [0.25, 0.3) is 0 Å². The first kappa shape index (κ1) is 49.8. The van der Waals surface area contributed by atoms with E-state index >= 15 is 0 Å². The summed E-state index contributed by atoms with van der Waals surface area (Å²) in [4.78, 5) is 12.4.